The van der Waals surface area contributed by atoms with Crippen LogP contribution in [0.15, 0.2) is 89.8 Å². The van der Waals surface area contributed by atoms with Crippen molar-refractivity contribution in [3.8, 4) is 11.1 Å². The normalized spacial score (nSPS) is 13.4. The number of hydrogen-bond donors (Lipinski definition) is 0. The Morgan fingerprint density at radius 2 is 1.20 bits per heavy atom. The lowest BCUT2D eigenvalue weighted by atomic mass is 10.1. The molecule has 0 radical (unpaired) electrons. The van der Waals surface area contributed by atoms with Gasteiger partial charge in [-0.1, -0.05) is 79.7 Å². The van der Waals surface area contributed by atoms with Crippen LogP contribution in [0.4, 0.5) is 0 Å². The minimum Gasteiger partial charge on any atom is -0.218 e. The molecule has 0 nitrogen and oxygen atoms in total. The zero-order valence-corrected chi connectivity index (χ0v) is 16.3. The zero-order chi connectivity index (χ0) is 17.7. The van der Waals surface area contributed by atoms with Crippen molar-refractivity contribution in [2.24, 2.45) is 0 Å². The van der Waals surface area contributed by atoms with E-state index in [-0.39, 0.29) is 0 Å². The molecular formula is C24H28S. The van der Waals surface area contributed by atoms with E-state index >= 15 is 0 Å². The van der Waals surface area contributed by atoms with Crippen LogP contribution < -0.4 is 0 Å². The average molecular weight is 349 g/mol. The van der Waals surface area contributed by atoms with Crippen molar-refractivity contribution in [3.63, 3.8) is 0 Å². The fourth-order valence-corrected chi connectivity index (χ4v) is 5.18. The average Bonchev–Trinajstić information content (AvgIpc) is 2.67. The van der Waals surface area contributed by atoms with E-state index in [1.165, 1.54) is 34.4 Å². The van der Waals surface area contributed by atoms with Gasteiger partial charge in [-0.25, -0.2) is 10.0 Å². The van der Waals surface area contributed by atoms with Crippen molar-refractivity contribution in [1.82, 2.24) is 0 Å². The molecule has 0 aliphatic carbocycles. The summed E-state index contributed by atoms with van der Waals surface area (Å²) in [6, 6.07) is 30.7. The topological polar surface area (TPSA) is 0 Å². The van der Waals surface area contributed by atoms with Crippen molar-refractivity contribution in [1.29, 1.82) is 0 Å². The molecule has 1 atom stereocenters. The van der Waals surface area contributed by atoms with Gasteiger partial charge in [-0.2, -0.15) is 0 Å². The Hall–Kier alpha value is -1.99. The third-order valence-corrected chi connectivity index (χ3v) is 8.99. The molecule has 25 heavy (non-hydrogen) atoms. The molecular weight excluding hydrogens is 320 g/mol. The Morgan fingerprint density at radius 3 is 1.80 bits per heavy atom. The maximum atomic E-state index is 2.46. The van der Waals surface area contributed by atoms with Crippen LogP contribution >= 0.6 is 10.0 Å². The molecule has 0 fully saturated rings. The SMILES string of the molecule is CC(CCc1ccccc1)S(C)(C)c1ccc(-c2ccccc2)cc1. The maximum absolute atomic E-state index is 2.46. The monoisotopic (exact) mass is 348 g/mol. The third kappa shape index (κ3) is 4.35. The second-order valence-electron chi connectivity index (χ2n) is 7.13. The Bertz CT molecular complexity index is 773. The Balaban J connectivity index is 1.70. The summed E-state index contributed by atoms with van der Waals surface area (Å²) in [5.41, 5.74) is 4.04. The van der Waals surface area contributed by atoms with Crippen LogP contribution in [0.3, 0.4) is 0 Å². The van der Waals surface area contributed by atoms with E-state index in [1.54, 1.807) is 0 Å². The first-order valence-corrected chi connectivity index (χ1v) is 11.5. The van der Waals surface area contributed by atoms with Crippen LogP contribution in [0.5, 0.6) is 0 Å². The molecule has 3 aromatic rings. The molecule has 0 N–H and O–H groups in total. The number of rotatable bonds is 6. The van der Waals surface area contributed by atoms with Gasteiger partial charge in [-0.3, -0.25) is 0 Å². The predicted molar refractivity (Wildman–Crippen MR) is 114 cm³/mol. The standard InChI is InChI=1S/C24H28S/c1-20(14-15-21-10-6-4-7-11-21)25(2,3)24-18-16-23(17-19-24)22-12-8-5-9-13-22/h4-13,16-20H,14-15H2,1-3H3. The van der Waals surface area contributed by atoms with Gasteiger partial charge in [0.05, 0.1) is 0 Å². The smallest absolute Gasteiger partial charge is 0.0101 e. The summed E-state index contributed by atoms with van der Waals surface area (Å²) < 4.78 is 0. The molecule has 1 unspecified atom stereocenters. The number of hydrogen-bond acceptors (Lipinski definition) is 0. The van der Waals surface area contributed by atoms with Gasteiger partial charge in [0.15, 0.2) is 0 Å². The van der Waals surface area contributed by atoms with E-state index < -0.39 is 10.0 Å². The number of benzene rings is 3. The van der Waals surface area contributed by atoms with Gasteiger partial charge in [-0.15, -0.1) is 0 Å². The first kappa shape index (κ1) is 17.8. The Labute approximate surface area is 154 Å². The van der Waals surface area contributed by atoms with E-state index in [9.17, 15) is 0 Å². The highest BCUT2D eigenvalue weighted by Crippen LogP contribution is 2.54. The molecule has 1 heteroatoms. The maximum Gasteiger partial charge on any atom is -0.0101 e. The fourth-order valence-electron chi connectivity index (χ4n) is 3.17. The molecule has 0 bridgehead atoms. The van der Waals surface area contributed by atoms with E-state index in [0.717, 1.165) is 0 Å². The van der Waals surface area contributed by atoms with Crippen LogP contribution in [-0.2, 0) is 6.42 Å². The first-order valence-electron chi connectivity index (χ1n) is 8.99. The van der Waals surface area contributed by atoms with Gasteiger partial charge < -0.3 is 0 Å². The summed E-state index contributed by atoms with van der Waals surface area (Å²) in [5, 5.41) is 0.704. The van der Waals surface area contributed by atoms with E-state index in [4.69, 9.17) is 0 Å². The summed E-state index contributed by atoms with van der Waals surface area (Å²) >= 11 is 0. The second kappa shape index (κ2) is 7.93. The quantitative estimate of drug-likeness (QED) is 0.459. The van der Waals surface area contributed by atoms with Crippen LogP contribution in [0, 0.1) is 0 Å². The van der Waals surface area contributed by atoms with Crippen molar-refractivity contribution in [2.75, 3.05) is 12.5 Å². The molecule has 0 saturated heterocycles. The fraction of sp³-hybridized carbons (Fsp3) is 0.250. The van der Waals surface area contributed by atoms with E-state index in [0.29, 0.717) is 5.25 Å². The van der Waals surface area contributed by atoms with Gasteiger partial charge in [0, 0.05) is 0 Å². The molecule has 0 amide bonds. The van der Waals surface area contributed by atoms with Crippen molar-refractivity contribution >= 4 is 10.0 Å². The highest BCUT2D eigenvalue weighted by molar-refractivity contribution is 8.33. The molecule has 0 aromatic heterocycles. The van der Waals surface area contributed by atoms with Crippen LogP contribution in [0.25, 0.3) is 11.1 Å². The van der Waals surface area contributed by atoms with E-state index in [2.05, 4.69) is 104 Å². The van der Waals surface area contributed by atoms with Crippen molar-refractivity contribution < 1.29 is 0 Å². The molecule has 0 aliphatic heterocycles. The summed E-state index contributed by atoms with van der Waals surface area (Å²) in [4.78, 5) is 1.51. The zero-order valence-electron chi connectivity index (χ0n) is 15.5. The molecule has 0 saturated carbocycles. The van der Waals surface area contributed by atoms with Gasteiger partial charge in [0.1, 0.15) is 0 Å². The second-order valence-corrected chi connectivity index (χ2v) is 11.2. The molecule has 0 spiro atoms. The van der Waals surface area contributed by atoms with Crippen molar-refractivity contribution in [2.45, 2.75) is 29.9 Å². The summed E-state index contributed by atoms with van der Waals surface area (Å²) in [7, 11) is -0.808. The van der Waals surface area contributed by atoms with Gasteiger partial charge >= 0.3 is 0 Å². The van der Waals surface area contributed by atoms with Crippen LogP contribution in [0.2, 0.25) is 0 Å². The van der Waals surface area contributed by atoms with Crippen molar-refractivity contribution in [3.05, 3.63) is 90.5 Å². The summed E-state index contributed by atoms with van der Waals surface area (Å²) in [6.45, 7) is 2.42. The summed E-state index contributed by atoms with van der Waals surface area (Å²) in [5.74, 6) is 0. The first-order chi connectivity index (χ1) is 12.1. The highest BCUT2D eigenvalue weighted by Gasteiger charge is 2.22. The largest absolute Gasteiger partial charge is 0.218 e. The van der Waals surface area contributed by atoms with Gasteiger partial charge in [0.2, 0.25) is 0 Å². The van der Waals surface area contributed by atoms with Crippen LogP contribution in [-0.4, -0.2) is 17.8 Å². The van der Waals surface area contributed by atoms with E-state index in [1.807, 2.05) is 0 Å². The molecule has 130 valence electrons. The molecule has 0 aliphatic rings. The summed E-state index contributed by atoms with van der Waals surface area (Å²) in [6.07, 6.45) is 7.33. The van der Waals surface area contributed by atoms with Gasteiger partial charge in [0.25, 0.3) is 0 Å². The molecule has 3 aromatic carbocycles. The minimum absolute atomic E-state index is 0.704. The predicted octanol–water partition coefficient (Wildman–Crippen LogP) is 6.80. The number of aryl methyl sites for hydroxylation is 1. The molecule has 0 heterocycles. The Morgan fingerprint density at radius 1 is 0.680 bits per heavy atom. The molecule has 3 rings (SSSR count). The lowest BCUT2D eigenvalue weighted by Gasteiger charge is -2.38. The third-order valence-electron chi connectivity index (χ3n) is 5.26. The lowest BCUT2D eigenvalue weighted by Crippen LogP contribution is -2.14. The lowest BCUT2D eigenvalue weighted by molar-refractivity contribution is 0.802. The van der Waals surface area contributed by atoms with Gasteiger partial charge in [-0.05, 0) is 64.3 Å². The van der Waals surface area contributed by atoms with Crippen LogP contribution in [0.1, 0.15) is 18.9 Å². The Kier molecular flexibility index (Phi) is 5.65. The highest BCUT2D eigenvalue weighted by atomic mass is 32.3. The minimum atomic E-state index is -0.808.